The van der Waals surface area contributed by atoms with Gasteiger partial charge in [-0.25, -0.2) is 0 Å². The van der Waals surface area contributed by atoms with E-state index in [-0.39, 0.29) is 11.1 Å². The van der Waals surface area contributed by atoms with Crippen molar-refractivity contribution in [2.24, 2.45) is 11.5 Å². The molecule has 2 aromatic carbocycles. The summed E-state index contributed by atoms with van der Waals surface area (Å²) in [4.78, 5) is 22.7. The Balaban J connectivity index is 2.99. The molecule has 0 fully saturated rings. The van der Waals surface area contributed by atoms with Crippen molar-refractivity contribution in [2.45, 2.75) is 0 Å². The number of rotatable bonds is 2. The highest BCUT2D eigenvalue weighted by atomic mass is 16.1. The van der Waals surface area contributed by atoms with Gasteiger partial charge < -0.3 is 17.2 Å². The van der Waals surface area contributed by atoms with Crippen LogP contribution in [-0.4, -0.2) is 11.8 Å². The number of primary amides is 2. The van der Waals surface area contributed by atoms with Gasteiger partial charge in [-0.1, -0.05) is 12.1 Å². The Labute approximate surface area is 97.2 Å². The zero-order valence-electron chi connectivity index (χ0n) is 8.94. The maximum Gasteiger partial charge on any atom is 0.249 e. The minimum absolute atomic E-state index is 0.239. The molecule has 0 atom stereocenters. The van der Waals surface area contributed by atoms with Gasteiger partial charge in [-0.3, -0.25) is 9.59 Å². The number of benzene rings is 2. The SMILES string of the molecule is NC(=O)c1cccc2c(N)ccc(C(N)=O)c12. The highest BCUT2D eigenvalue weighted by Crippen LogP contribution is 2.27. The second kappa shape index (κ2) is 3.79. The first kappa shape index (κ1) is 10.9. The van der Waals surface area contributed by atoms with Crippen LogP contribution in [0.3, 0.4) is 0 Å². The summed E-state index contributed by atoms with van der Waals surface area (Å²) >= 11 is 0. The molecule has 0 aromatic heterocycles. The van der Waals surface area contributed by atoms with Crippen molar-refractivity contribution < 1.29 is 9.59 Å². The van der Waals surface area contributed by atoms with Gasteiger partial charge in [-0.2, -0.15) is 0 Å². The van der Waals surface area contributed by atoms with Crippen LogP contribution in [0.1, 0.15) is 20.7 Å². The van der Waals surface area contributed by atoms with Crippen molar-refractivity contribution in [2.75, 3.05) is 5.73 Å². The van der Waals surface area contributed by atoms with Crippen LogP contribution in [0.5, 0.6) is 0 Å². The predicted molar refractivity (Wildman–Crippen MR) is 65.4 cm³/mol. The van der Waals surface area contributed by atoms with Crippen molar-refractivity contribution in [1.82, 2.24) is 0 Å². The van der Waals surface area contributed by atoms with Gasteiger partial charge in [0.2, 0.25) is 11.8 Å². The first-order chi connectivity index (χ1) is 8.02. The molecule has 0 aliphatic rings. The Hall–Kier alpha value is -2.56. The van der Waals surface area contributed by atoms with Gasteiger partial charge in [0.1, 0.15) is 0 Å². The highest BCUT2D eigenvalue weighted by Gasteiger charge is 2.14. The van der Waals surface area contributed by atoms with E-state index in [1.54, 1.807) is 18.2 Å². The molecule has 0 aliphatic heterocycles. The molecule has 0 spiro atoms. The Morgan fingerprint density at radius 3 is 2.06 bits per heavy atom. The van der Waals surface area contributed by atoms with E-state index in [1.165, 1.54) is 12.1 Å². The molecule has 5 heteroatoms. The summed E-state index contributed by atoms with van der Waals surface area (Å²) in [6.45, 7) is 0. The maximum absolute atomic E-state index is 11.3. The summed E-state index contributed by atoms with van der Waals surface area (Å²) in [6, 6.07) is 7.98. The summed E-state index contributed by atoms with van der Waals surface area (Å²) in [5.74, 6) is -1.24. The lowest BCUT2D eigenvalue weighted by Gasteiger charge is -2.09. The summed E-state index contributed by atoms with van der Waals surface area (Å²) in [5.41, 5.74) is 17.3. The van der Waals surface area contributed by atoms with Crippen LogP contribution in [0.4, 0.5) is 5.69 Å². The second-order valence-electron chi connectivity index (χ2n) is 3.66. The highest BCUT2D eigenvalue weighted by molar-refractivity contribution is 6.17. The van der Waals surface area contributed by atoms with Crippen LogP contribution in [0.25, 0.3) is 10.8 Å². The average Bonchev–Trinajstić information content (AvgIpc) is 2.28. The van der Waals surface area contributed by atoms with Crippen molar-refractivity contribution in [1.29, 1.82) is 0 Å². The van der Waals surface area contributed by atoms with E-state index < -0.39 is 11.8 Å². The lowest BCUT2D eigenvalue weighted by atomic mass is 9.97. The third-order valence-corrected chi connectivity index (χ3v) is 2.61. The average molecular weight is 229 g/mol. The van der Waals surface area contributed by atoms with E-state index in [2.05, 4.69) is 0 Å². The first-order valence-electron chi connectivity index (χ1n) is 4.93. The van der Waals surface area contributed by atoms with Crippen LogP contribution in [0.15, 0.2) is 30.3 Å². The van der Waals surface area contributed by atoms with Gasteiger partial charge in [0.25, 0.3) is 0 Å². The van der Waals surface area contributed by atoms with Gasteiger partial charge in [0, 0.05) is 27.6 Å². The Kier molecular flexibility index (Phi) is 2.44. The summed E-state index contributed by atoms with van der Waals surface area (Å²) < 4.78 is 0. The third kappa shape index (κ3) is 1.67. The second-order valence-corrected chi connectivity index (χ2v) is 3.66. The molecule has 0 aliphatic carbocycles. The minimum Gasteiger partial charge on any atom is -0.398 e. The topological polar surface area (TPSA) is 112 Å². The number of hydrogen-bond donors (Lipinski definition) is 3. The molecule has 2 rings (SSSR count). The molecule has 2 amide bonds. The Morgan fingerprint density at radius 2 is 1.47 bits per heavy atom. The van der Waals surface area contributed by atoms with E-state index in [0.717, 1.165) is 0 Å². The van der Waals surface area contributed by atoms with Crippen molar-refractivity contribution >= 4 is 28.3 Å². The van der Waals surface area contributed by atoms with E-state index >= 15 is 0 Å². The molecule has 0 heterocycles. The largest absolute Gasteiger partial charge is 0.398 e. The minimum atomic E-state index is -0.622. The summed E-state index contributed by atoms with van der Waals surface area (Å²) in [6.07, 6.45) is 0. The van der Waals surface area contributed by atoms with Gasteiger partial charge in [-0.05, 0) is 18.2 Å². The fourth-order valence-corrected chi connectivity index (χ4v) is 1.84. The number of amides is 2. The van der Waals surface area contributed by atoms with E-state index in [4.69, 9.17) is 17.2 Å². The smallest absolute Gasteiger partial charge is 0.249 e. The van der Waals surface area contributed by atoms with Crippen LogP contribution in [0, 0.1) is 0 Å². The molecule has 0 radical (unpaired) electrons. The number of hydrogen-bond acceptors (Lipinski definition) is 3. The van der Waals surface area contributed by atoms with Crippen molar-refractivity contribution in [3.8, 4) is 0 Å². The van der Waals surface area contributed by atoms with Crippen molar-refractivity contribution in [3.05, 3.63) is 41.5 Å². The maximum atomic E-state index is 11.3. The van der Waals surface area contributed by atoms with Crippen LogP contribution >= 0.6 is 0 Å². The lowest BCUT2D eigenvalue weighted by Crippen LogP contribution is -2.16. The number of fused-ring (bicyclic) bond motifs is 1. The van der Waals surface area contributed by atoms with E-state index in [0.29, 0.717) is 16.5 Å². The zero-order valence-corrected chi connectivity index (χ0v) is 8.94. The molecule has 6 N–H and O–H groups in total. The zero-order chi connectivity index (χ0) is 12.6. The molecular weight excluding hydrogens is 218 g/mol. The number of nitrogens with two attached hydrogens (primary N) is 3. The Bertz CT molecular complexity index is 615. The molecule has 0 saturated heterocycles. The summed E-state index contributed by atoms with van der Waals surface area (Å²) in [7, 11) is 0. The molecule has 0 bridgehead atoms. The normalized spacial score (nSPS) is 10.4. The number of anilines is 1. The quantitative estimate of drug-likeness (QED) is 0.656. The number of carbonyl (C=O) groups excluding carboxylic acids is 2. The molecule has 0 saturated carbocycles. The van der Waals surface area contributed by atoms with Gasteiger partial charge in [0.15, 0.2) is 0 Å². The lowest BCUT2D eigenvalue weighted by molar-refractivity contribution is 0.0998. The Morgan fingerprint density at radius 1 is 0.882 bits per heavy atom. The number of carbonyl (C=O) groups is 2. The van der Waals surface area contributed by atoms with Crippen LogP contribution < -0.4 is 17.2 Å². The van der Waals surface area contributed by atoms with Crippen LogP contribution in [0.2, 0.25) is 0 Å². The molecule has 5 nitrogen and oxygen atoms in total. The van der Waals surface area contributed by atoms with Gasteiger partial charge in [0.05, 0.1) is 0 Å². The molecule has 17 heavy (non-hydrogen) atoms. The van der Waals surface area contributed by atoms with Crippen molar-refractivity contribution in [3.63, 3.8) is 0 Å². The van der Waals surface area contributed by atoms with Gasteiger partial charge >= 0.3 is 0 Å². The predicted octanol–water partition coefficient (Wildman–Crippen LogP) is 0.620. The molecule has 2 aromatic rings. The van der Waals surface area contributed by atoms with E-state index in [9.17, 15) is 9.59 Å². The molecular formula is C12H11N3O2. The van der Waals surface area contributed by atoms with Gasteiger partial charge in [-0.15, -0.1) is 0 Å². The first-order valence-corrected chi connectivity index (χ1v) is 4.93. The third-order valence-electron chi connectivity index (χ3n) is 2.61. The molecule has 86 valence electrons. The fraction of sp³-hybridized carbons (Fsp3) is 0. The summed E-state index contributed by atoms with van der Waals surface area (Å²) in [5, 5.41) is 1.00. The van der Waals surface area contributed by atoms with E-state index in [1.807, 2.05) is 0 Å². The molecule has 0 unspecified atom stereocenters. The number of nitrogen functional groups attached to an aromatic ring is 1. The standard InChI is InChI=1S/C12H11N3O2/c13-9-5-4-8(12(15)17)10-6(9)2-1-3-7(10)11(14)16/h1-5H,13H2,(H2,14,16)(H2,15,17). The van der Waals surface area contributed by atoms with Crippen LogP contribution in [-0.2, 0) is 0 Å². The monoisotopic (exact) mass is 229 g/mol. The fourth-order valence-electron chi connectivity index (χ4n) is 1.84.